The fourth-order valence-corrected chi connectivity index (χ4v) is 3.82. The van der Waals surface area contributed by atoms with Crippen molar-refractivity contribution >= 4 is 45.4 Å². The zero-order valence-corrected chi connectivity index (χ0v) is 15.8. The number of nitrogen functional groups attached to an aromatic ring is 1. The van der Waals surface area contributed by atoms with Crippen molar-refractivity contribution in [2.75, 3.05) is 18.8 Å². The van der Waals surface area contributed by atoms with Crippen LogP contribution in [0.25, 0.3) is 10.9 Å². The molecule has 3 heterocycles. The van der Waals surface area contributed by atoms with Gasteiger partial charge < -0.3 is 15.7 Å². The number of hydrogen-bond acceptors (Lipinski definition) is 4. The van der Waals surface area contributed by atoms with Gasteiger partial charge in [-0.05, 0) is 29.0 Å². The summed E-state index contributed by atoms with van der Waals surface area (Å²) in [6.07, 6.45) is -0.383. The maximum absolute atomic E-state index is 15.2. The molecular weight excluding hydrogens is 428 g/mol. The van der Waals surface area contributed by atoms with Crippen LogP contribution in [0.5, 0.6) is 0 Å². The Morgan fingerprint density at radius 2 is 2.12 bits per heavy atom. The third-order valence-electron chi connectivity index (χ3n) is 4.26. The molecular formula is C15H19FIN5O2. The Hall–Kier alpha value is -1.65. The number of anilines is 1. The molecule has 0 aromatic carbocycles. The fraction of sp³-hybridized carbons (Fsp3) is 0.533. The smallest absolute Gasteiger partial charge is 0.407 e. The molecule has 130 valence electrons. The van der Waals surface area contributed by atoms with E-state index in [1.165, 1.54) is 4.90 Å². The van der Waals surface area contributed by atoms with Gasteiger partial charge in [-0.3, -0.25) is 4.68 Å². The second kappa shape index (κ2) is 5.71. The van der Waals surface area contributed by atoms with Gasteiger partial charge in [-0.15, -0.1) is 0 Å². The number of pyridine rings is 1. The van der Waals surface area contributed by atoms with Crippen molar-refractivity contribution in [3.8, 4) is 0 Å². The van der Waals surface area contributed by atoms with Crippen LogP contribution in [0.1, 0.15) is 38.9 Å². The van der Waals surface area contributed by atoms with Crippen molar-refractivity contribution in [3.05, 3.63) is 15.2 Å². The van der Waals surface area contributed by atoms with E-state index in [-0.39, 0.29) is 24.1 Å². The number of nitrogens with zero attached hydrogens (tertiary/aromatic N) is 4. The average molecular weight is 447 g/mol. The molecule has 0 unspecified atom stereocenters. The van der Waals surface area contributed by atoms with Crippen LogP contribution in [0.4, 0.5) is 15.0 Å². The molecule has 2 aromatic heterocycles. The molecule has 0 saturated carbocycles. The molecule has 24 heavy (non-hydrogen) atoms. The lowest BCUT2D eigenvalue weighted by Crippen LogP contribution is -2.27. The number of halogens is 2. The highest BCUT2D eigenvalue weighted by atomic mass is 127. The SMILES string of the molecule is CC(C)(C)c1nc(N)c2c(I)nn([C@H]3CCN(C(=O)O)C3)c2c1F. The largest absolute Gasteiger partial charge is 0.465 e. The number of aromatic nitrogens is 3. The van der Waals surface area contributed by atoms with Gasteiger partial charge in [0.2, 0.25) is 0 Å². The van der Waals surface area contributed by atoms with Crippen molar-refractivity contribution in [2.45, 2.75) is 38.6 Å². The summed E-state index contributed by atoms with van der Waals surface area (Å²) in [4.78, 5) is 16.7. The number of nitrogens with two attached hydrogens (primary N) is 1. The van der Waals surface area contributed by atoms with E-state index >= 15 is 4.39 Å². The average Bonchev–Trinajstić information content (AvgIpc) is 3.06. The monoisotopic (exact) mass is 447 g/mol. The summed E-state index contributed by atoms with van der Waals surface area (Å²) in [5, 5.41) is 14.1. The molecule has 0 radical (unpaired) electrons. The Bertz CT molecular complexity index is 830. The summed E-state index contributed by atoms with van der Waals surface area (Å²) in [6, 6.07) is -0.212. The van der Waals surface area contributed by atoms with E-state index in [0.29, 0.717) is 27.6 Å². The van der Waals surface area contributed by atoms with Crippen LogP contribution in [-0.4, -0.2) is 44.0 Å². The third-order valence-corrected chi connectivity index (χ3v) is 5.02. The van der Waals surface area contributed by atoms with Gasteiger partial charge in [0.15, 0.2) is 5.82 Å². The molecule has 1 saturated heterocycles. The number of rotatable bonds is 1. The van der Waals surface area contributed by atoms with E-state index in [1.54, 1.807) is 4.68 Å². The first kappa shape index (κ1) is 17.2. The molecule has 7 nitrogen and oxygen atoms in total. The van der Waals surface area contributed by atoms with E-state index in [9.17, 15) is 4.79 Å². The lowest BCUT2D eigenvalue weighted by Gasteiger charge is -2.20. The predicted molar refractivity (Wildman–Crippen MR) is 96.6 cm³/mol. The third kappa shape index (κ3) is 2.68. The molecule has 9 heteroatoms. The molecule has 1 aliphatic heterocycles. The molecule has 0 aliphatic carbocycles. The first-order valence-electron chi connectivity index (χ1n) is 7.62. The van der Waals surface area contributed by atoms with Gasteiger partial charge in [-0.25, -0.2) is 14.2 Å². The summed E-state index contributed by atoms with van der Waals surface area (Å²) in [6.45, 7) is 6.31. The number of carbonyl (C=O) groups is 1. The number of hydrogen-bond donors (Lipinski definition) is 2. The van der Waals surface area contributed by atoms with Crippen molar-refractivity contribution in [3.63, 3.8) is 0 Å². The Kier molecular flexibility index (Phi) is 4.09. The predicted octanol–water partition coefficient (Wildman–Crippen LogP) is 2.98. The van der Waals surface area contributed by atoms with Gasteiger partial charge >= 0.3 is 6.09 Å². The summed E-state index contributed by atoms with van der Waals surface area (Å²) in [7, 11) is 0. The summed E-state index contributed by atoms with van der Waals surface area (Å²) in [5.74, 6) is -0.184. The van der Waals surface area contributed by atoms with Crippen LogP contribution in [-0.2, 0) is 5.41 Å². The van der Waals surface area contributed by atoms with E-state index in [0.717, 1.165) is 0 Å². The molecule has 3 rings (SSSR count). The van der Waals surface area contributed by atoms with Gasteiger partial charge in [0.05, 0.1) is 17.1 Å². The second-order valence-electron chi connectivity index (χ2n) is 7.04. The molecule has 0 spiro atoms. The van der Waals surface area contributed by atoms with Gasteiger partial charge in [0.25, 0.3) is 0 Å². The van der Waals surface area contributed by atoms with Gasteiger partial charge in [0, 0.05) is 18.5 Å². The first-order chi connectivity index (χ1) is 11.1. The minimum absolute atomic E-state index is 0.212. The van der Waals surface area contributed by atoms with Crippen LogP contribution < -0.4 is 5.73 Å². The molecule has 1 amide bonds. The Morgan fingerprint density at radius 1 is 1.46 bits per heavy atom. The Morgan fingerprint density at radius 3 is 2.67 bits per heavy atom. The zero-order chi connectivity index (χ0) is 17.8. The van der Waals surface area contributed by atoms with Crippen LogP contribution in [0.2, 0.25) is 0 Å². The molecule has 1 fully saturated rings. The van der Waals surface area contributed by atoms with Crippen LogP contribution >= 0.6 is 22.6 Å². The van der Waals surface area contributed by atoms with Crippen LogP contribution in [0.15, 0.2) is 0 Å². The highest BCUT2D eigenvalue weighted by Gasteiger charge is 2.33. The minimum Gasteiger partial charge on any atom is -0.465 e. The molecule has 2 aromatic rings. The number of fused-ring (bicyclic) bond motifs is 1. The first-order valence-corrected chi connectivity index (χ1v) is 8.70. The lowest BCUT2D eigenvalue weighted by molar-refractivity contribution is 0.154. The summed E-state index contributed by atoms with van der Waals surface area (Å²) >= 11 is 2.01. The number of amides is 1. The molecule has 1 aliphatic rings. The molecule has 3 N–H and O–H groups in total. The van der Waals surface area contributed by atoms with Crippen molar-refractivity contribution in [2.24, 2.45) is 0 Å². The normalized spacial score (nSPS) is 18.5. The fourth-order valence-electron chi connectivity index (χ4n) is 3.06. The molecule has 1 atom stereocenters. The topological polar surface area (TPSA) is 97.3 Å². The zero-order valence-electron chi connectivity index (χ0n) is 13.7. The van der Waals surface area contributed by atoms with Crippen molar-refractivity contribution in [1.29, 1.82) is 0 Å². The van der Waals surface area contributed by atoms with Crippen LogP contribution in [0.3, 0.4) is 0 Å². The van der Waals surface area contributed by atoms with Gasteiger partial charge in [-0.1, -0.05) is 20.8 Å². The van der Waals surface area contributed by atoms with Gasteiger partial charge in [0.1, 0.15) is 15.0 Å². The highest BCUT2D eigenvalue weighted by Crippen LogP contribution is 2.36. The Labute approximate surface area is 152 Å². The van der Waals surface area contributed by atoms with E-state index < -0.39 is 17.3 Å². The van der Waals surface area contributed by atoms with Crippen LogP contribution in [0, 0.1) is 9.52 Å². The maximum Gasteiger partial charge on any atom is 0.407 e. The number of carboxylic acid groups (broad SMARTS) is 1. The van der Waals surface area contributed by atoms with Crippen molar-refractivity contribution < 1.29 is 14.3 Å². The summed E-state index contributed by atoms with van der Waals surface area (Å²) in [5.41, 5.74) is 6.17. The lowest BCUT2D eigenvalue weighted by atomic mass is 9.90. The van der Waals surface area contributed by atoms with Crippen molar-refractivity contribution in [1.82, 2.24) is 19.7 Å². The summed E-state index contributed by atoms with van der Waals surface area (Å²) < 4.78 is 17.4. The second-order valence-corrected chi connectivity index (χ2v) is 8.06. The maximum atomic E-state index is 15.2. The van der Waals surface area contributed by atoms with Gasteiger partial charge in [-0.2, -0.15) is 5.10 Å². The van der Waals surface area contributed by atoms with E-state index in [4.69, 9.17) is 10.8 Å². The highest BCUT2D eigenvalue weighted by molar-refractivity contribution is 14.1. The quantitative estimate of drug-likeness (QED) is 0.656. The Balaban J connectivity index is 2.20. The van der Waals surface area contributed by atoms with E-state index in [1.807, 2.05) is 43.4 Å². The van der Waals surface area contributed by atoms with E-state index in [2.05, 4.69) is 10.1 Å². The number of likely N-dealkylation sites (tertiary alicyclic amines) is 1. The molecule has 0 bridgehead atoms. The minimum atomic E-state index is -0.972. The standard InChI is InChI=1S/C15H19FIN5O2/c1-15(2,3)11-9(16)10-8(13(18)19-11)12(17)20-22(10)7-4-5-21(6-7)14(23)24/h7H,4-6H2,1-3H3,(H2,18,19)(H,23,24)/t7-/m0/s1.